The molecule has 1 aromatic rings. The Hall–Kier alpha value is -0.610. The SMILES string of the molecule is NCCc1c(F)ccc(O)c1Br. The van der Waals surface area contributed by atoms with Gasteiger partial charge in [0, 0.05) is 5.56 Å². The quantitative estimate of drug-likeness (QED) is 0.819. The standard InChI is InChI=1S/C8H9BrFNO/c9-8-5(3-4-11)6(10)1-2-7(8)12/h1-2,12H,3-4,11H2. The van der Waals surface area contributed by atoms with Crippen molar-refractivity contribution in [3.63, 3.8) is 0 Å². The first kappa shape index (κ1) is 9.48. The van der Waals surface area contributed by atoms with Crippen LogP contribution < -0.4 is 5.73 Å². The summed E-state index contributed by atoms with van der Waals surface area (Å²) in [7, 11) is 0. The number of phenols is 1. The molecule has 0 unspecified atom stereocenters. The molecule has 1 rings (SSSR count). The third-order valence-electron chi connectivity index (χ3n) is 1.56. The van der Waals surface area contributed by atoms with Gasteiger partial charge in [0.1, 0.15) is 11.6 Å². The molecule has 0 saturated heterocycles. The lowest BCUT2D eigenvalue weighted by Crippen LogP contribution is -2.05. The fraction of sp³-hybridized carbons (Fsp3) is 0.250. The van der Waals surface area contributed by atoms with E-state index in [9.17, 15) is 9.50 Å². The monoisotopic (exact) mass is 233 g/mol. The van der Waals surface area contributed by atoms with Gasteiger partial charge in [0.05, 0.1) is 4.47 Å². The summed E-state index contributed by atoms with van der Waals surface area (Å²) in [5, 5.41) is 9.20. The molecule has 0 saturated carbocycles. The van der Waals surface area contributed by atoms with Crippen LogP contribution in [0, 0.1) is 5.82 Å². The van der Waals surface area contributed by atoms with Crippen LogP contribution in [0.25, 0.3) is 0 Å². The zero-order chi connectivity index (χ0) is 9.14. The molecule has 12 heavy (non-hydrogen) atoms. The van der Waals surface area contributed by atoms with Crippen LogP contribution in [0.2, 0.25) is 0 Å². The van der Waals surface area contributed by atoms with Gasteiger partial charge in [0.15, 0.2) is 0 Å². The van der Waals surface area contributed by atoms with Crippen LogP contribution in [-0.2, 0) is 6.42 Å². The zero-order valence-electron chi connectivity index (χ0n) is 6.35. The van der Waals surface area contributed by atoms with Gasteiger partial charge in [-0.1, -0.05) is 0 Å². The molecule has 0 bridgehead atoms. The Morgan fingerprint density at radius 2 is 2.17 bits per heavy atom. The van der Waals surface area contributed by atoms with E-state index < -0.39 is 0 Å². The minimum Gasteiger partial charge on any atom is -0.507 e. The number of aromatic hydroxyl groups is 1. The second kappa shape index (κ2) is 3.87. The Bertz CT molecular complexity index is 291. The Morgan fingerprint density at radius 3 is 2.75 bits per heavy atom. The van der Waals surface area contributed by atoms with E-state index in [-0.39, 0.29) is 11.6 Å². The van der Waals surface area contributed by atoms with Crippen LogP contribution >= 0.6 is 15.9 Å². The largest absolute Gasteiger partial charge is 0.507 e. The van der Waals surface area contributed by atoms with Crippen LogP contribution in [0.5, 0.6) is 5.75 Å². The molecule has 0 amide bonds. The van der Waals surface area contributed by atoms with E-state index in [1.807, 2.05) is 0 Å². The summed E-state index contributed by atoms with van der Waals surface area (Å²) >= 11 is 3.09. The smallest absolute Gasteiger partial charge is 0.130 e. The fourth-order valence-corrected chi connectivity index (χ4v) is 1.48. The van der Waals surface area contributed by atoms with E-state index in [1.54, 1.807) is 0 Å². The predicted octanol–water partition coefficient (Wildman–Crippen LogP) is 1.79. The summed E-state index contributed by atoms with van der Waals surface area (Å²) in [6.45, 7) is 0.360. The molecule has 0 aliphatic heterocycles. The Balaban J connectivity index is 3.14. The highest BCUT2D eigenvalue weighted by molar-refractivity contribution is 9.10. The van der Waals surface area contributed by atoms with Crippen LogP contribution in [0.4, 0.5) is 4.39 Å². The van der Waals surface area contributed by atoms with E-state index in [0.29, 0.717) is 23.0 Å². The Labute approximate surface area is 78.3 Å². The second-order valence-electron chi connectivity index (χ2n) is 2.40. The number of halogens is 2. The molecule has 0 aromatic heterocycles. The van der Waals surface area contributed by atoms with Crippen molar-refractivity contribution in [1.82, 2.24) is 0 Å². The molecule has 0 spiro atoms. The predicted molar refractivity (Wildman–Crippen MR) is 48.5 cm³/mol. The Kier molecular flexibility index (Phi) is 3.05. The maximum absolute atomic E-state index is 13.0. The maximum Gasteiger partial charge on any atom is 0.130 e. The van der Waals surface area contributed by atoms with Crippen LogP contribution in [0.15, 0.2) is 16.6 Å². The number of nitrogens with two attached hydrogens (primary N) is 1. The lowest BCUT2D eigenvalue weighted by molar-refractivity contribution is 0.467. The van der Waals surface area contributed by atoms with Gasteiger partial charge in [0.25, 0.3) is 0 Å². The van der Waals surface area contributed by atoms with Crippen molar-refractivity contribution < 1.29 is 9.50 Å². The van der Waals surface area contributed by atoms with Gasteiger partial charge in [-0.2, -0.15) is 0 Å². The van der Waals surface area contributed by atoms with Crippen molar-refractivity contribution in [2.45, 2.75) is 6.42 Å². The summed E-state index contributed by atoms with van der Waals surface area (Å²) in [6.07, 6.45) is 0.417. The first-order valence-electron chi connectivity index (χ1n) is 3.52. The molecule has 0 heterocycles. The molecule has 1 aromatic carbocycles. The van der Waals surface area contributed by atoms with Crippen LogP contribution in [0.1, 0.15) is 5.56 Å². The van der Waals surface area contributed by atoms with Crippen molar-refractivity contribution in [3.05, 3.63) is 28.0 Å². The van der Waals surface area contributed by atoms with Gasteiger partial charge >= 0.3 is 0 Å². The van der Waals surface area contributed by atoms with Gasteiger partial charge in [-0.05, 0) is 41.0 Å². The van der Waals surface area contributed by atoms with E-state index in [1.165, 1.54) is 12.1 Å². The minimum absolute atomic E-state index is 0.0415. The summed E-state index contributed by atoms with van der Waals surface area (Å²) in [6, 6.07) is 2.53. The minimum atomic E-state index is -0.342. The summed E-state index contributed by atoms with van der Waals surface area (Å²) < 4.78 is 13.4. The summed E-state index contributed by atoms with van der Waals surface area (Å²) in [5.74, 6) is -0.301. The average molecular weight is 234 g/mol. The highest BCUT2D eigenvalue weighted by Crippen LogP contribution is 2.29. The molecule has 3 N–H and O–H groups in total. The molecule has 4 heteroatoms. The normalized spacial score (nSPS) is 10.2. The van der Waals surface area contributed by atoms with Gasteiger partial charge in [0.2, 0.25) is 0 Å². The van der Waals surface area contributed by atoms with E-state index in [2.05, 4.69) is 15.9 Å². The van der Waals surface area contributed by atoms with Gasteiger partial charge in [-0.15, -0.1) is 0 Å². The fourth-order valence-electron chi connectivity index (χ4n) is 0.959. The molecule has 0 aliphatic carbocycles. The number of phenolic OH excluding ortho intramolecular Hbond substituents is 1. The number of rotatable bonds is 2. The lowest BCUT2D eigenvalue weighted by atomic mass is 10.1. The Morgan fingerprint density at radius 1 is 1.50 bits per heavy atom. The van der Waals surface area contributed by atoms with Crippen molar-refractivity contribution in [2.24, 2.45) is 5.73 Å². The van der Waals surface area contributed by atoms with Crippen molar-refractivity contribution >= 4 is 15.9 Å². The lowest BCUT2D eigenvalue weighted by Gasteiger charge is -2.05. The zero-order valence-corrected chi connectivity index (χ0v) is 7.94. The number of hydrogen-bond acceptors (Lipinski definition) is 2. The van der Waals surface area contributed by atoms with E-state index in [0.717, 1.165) is 0 Å². The second-order valence-corrected chi connectivity index (χ2v) is 3.19. The van der Waals surface area contributed by atoms with Crippen molar-refractivity contribution in [1.29, 1.82) is 0 Å². The topological polar surface area (TPSA) is 46.2 Å². The molecular formula is C8H9BrFNO. The van der Waals surface area contributed by atoms with Crippen LogP contribution in [-0.4, -0.2) is 11.7 Å². The van der Waals surface area contributed by atoms with Gasteiger partial charge in [-0.25, -0.2) is 4.39 Å². The van der Waals surface area contributed by atoms with Crippen LogP contribution in [0.3, 0.4) is 0 Å². The summed E-state index contributed by atoms with van der Waals surface area (Å²) in [5.41, 5.74) is 5.71. The molecular weight excluding hydrogens is 225 g/mol. The van der Waals surface area contributed by atoms with Gasteiger partial charge in [-0.3, -0.25) is 0 Å². The molecule has 0 aliphatic rings. The molecule has 0 radical (unpaired) electrons. The highest BCUT2D eigenvalue weighted by atomic mass is 79.9. The number of benzene rings is 1. The van der Waals surface area contributed by atoms with E-state index in [4.69, 9.17) is 5.73 Å². The molecule has 66 valence electrons. The van der Waals surface area contributed by atoms with E-state index >= 15 is 0 Å². The van der Waals surface area contributed by atoms with Crippen molar-refractivity contribution in [3.8, 4) is 5.75 Å². The molecule has 0 fully saturated rings. The maximum atomic E-state index is 13.0. The number of hydrogen-bond donors (Lipinski definition) is 2. The van der Waals surface area contributed by atoms with Crippen molar-refractivity contribution in [2.75, 3.05) is 6.54 Å². The molecule has 0 atom stereocenters. The third kappa shape index (κ3) is 1.76. The first-order chi connectivity index (χ1) is 5.66. The first-order valence-corrected chi connectivity index (χ1v) is 4.32. The van der Waals surface area contributed by atoms with Gasteiger partial charge < -0.3 is 10.8 Å². The third-order valence-corrected chi connectivity index (χ3v) is 2.44. The summed E-state index contributed by atoms with van der Waals surface area (Å²) in [4.78, 5) is 0. The molecule has 2 nitrogen and oxygen atoms in total. The highest BCUT2D eigenvalue weighted by Gasteiger charge is 2.09. The average Bonchev–Trinajstić information content (AvgIpc) is 2.06.